The quantitative estimate of drug-likeness (QED) is 0.593. The number of carbonyl (C=O) groups is 1. The molecule has 6 heteroatoms. The first-order chi connectivity index (χ1) is 11.8. The number of nitrogens with one attached hydrogen (secondary N) is 1. The van der Waals surface area contributed by atoms with Gasteiger partial charge in [-0.2, -0.15) is 10.4 Å². The molecule has 122 valence electrons. The number of benzene rings is 2. The van der Waals surface area contributed by atoms with E-state index in [0.717, 1.165) is 11.3 Å². The lowest BCUT2D eigenvalue weighted by Crippen LogP contribution is -2.19. The lowest BCUT2D eigenvalue weighted by atomic mass is 10.2. The summed E-state index contributed by atoms with van der Waals surface area (Å²) in [5.41, 5.74) is 4.52. The number of nitriles is 1. The Kier molecular flexibility index (Phi) is 7.38. The normalized spacial score (nSPS) is 10.3. The van der Waals surface area contributed by atoms with Gasteiger partial charge in [0, 0.05) is 5.75 Å². The van der Waals surface area contributed by atoms with Crippen LogP contribution in [-0.4, -0.2) is 24.5 Å². The summed E-state index contributed by atoms with van der Waals surface area (Å²) in [6.07, 6.45) is 1.56. The van der Waals surface area contributed by atoms with E-state index < -0.39 is 0 Å². The molecule has 0 radical (unpaired) electrons. The summed E-state index contributed by atoms with van der Waals surface area (Å²) in [6, 6.07) is 19.0. The number of rotatable bonds is 8. The fourth-order valence-corrected chi connectivity index (χ4v) is 2.59. The molecule has 0 aliphatic rings. The number of hydrogen-bond acceptors (Lipinski definition) is 5. The molecular formula is C18H17N3O2S. The maximum absolute atomic E-state index is 11.7. The summed E-state index contributed by atoms with van der Waals surface area (Å²) in [5.74, 6) is 1.63. The van der Waals surface area contributed by atoms with Gasteiger partial charge in [0.2, 0.25) is 5.91 Å². The highest BCUT2D eigenvalue weighted by Crippen LogP contribution is 2.11. The number of carbonyl (C=O) groups excluding carboxylic acids is 1. The van der Waals surface area contributed by atoms with Crippen molar-refractivity contribution >= 4 is 23.9 Å². The van der Waals surface area contributed by atoms with Crippen LogP contribution < -0.4 is 10.2 Å². The van der Waals surface area contributed by atoms with Crippen molar-refractivity contribution in [2.24, 2.45) is 5.10 Å². The van der Waals surface area contributed by atoms with Crippen LogP contribution in [0.5, 0.6) is 5.75 Å². The Hall–Kier alpha value is -2.78. The fraction of sp³-hybridized carbons (Fsp3) is 0.167. The highest BCUT2D eigenvalue weighted by Gasteiger charge is 2.00. The molecule has 1 amide bonds. The van der Waals surface area contributed by atoms with Gasteiger partial charge in [-0.25, -0.2) is 5.43 Å². The minimum atomic E-state index is -0.138. The van der Waals surface area contributed by atoms with Gasteiger partial charge < -0.3 is 4.74 Å². The smallest absolute Gasteiger partial charge is 0.250 e. The highest BCUT2D eigenvalue weighted by atomic mass is 32.2. The number of ether oxygens (including phenoxy) is 1. The van der Waals surface area contributed by atoms with Gasteiger partial charge in [0.1, 0.15) is 11.8 Å². The predicted molar refractivity (Wildman–Crippen MR) is 95.9 cm³/mol. The van der Waals surface area contributed by atoms with Gasteiger partial charge in [0.05, 0.1) is 12.0 Å². The summed E-state index contributed by atoms with van der Waals surface area (Å²) in [6.45, 7) is 0.0180. The third kappa shape index (κ3) is 6.55. The molecule has 24 heavy (non-hydrogen) atoms. The first-order valence-electron chi connectivity index (χ1n) is 7.31. The third-order valence-corrected chi connectivity index (χ3v) is 3.93. The van der Waals surface area contributed by atoms with Crippen molar-refractivity contribution in [3.63, 3.8) is 0 Å². The van der Waals surface area contributed by atoms with E-state index in [0.29, 0.717) is 11.5 Å². The summed E-state index contributed by atoms with van der Waals surface area (Å²) in [4.78, 5) is 11.7. The van der Waals surface area contributed by atoms with Crippen LogP contribution in [0.15, 0.2) is 59.7 Å². The SMILES string of the molecule is N#CCOc1ccc(/C=N/NC(=O)CSCc2ccccc2)cc1. The molecule has 0 aromatic heterocycles. The topological polar surface area (TPSA) is 74.5 Å². The molecule has 0 heterocycles. The highest BCUT2D eigenvalue weighted by molar-refractivity contribution is 7.99. The van der Waals surface area contributed by atoms with E-state index in [2.05, 4.69) is 10.5 Å². The monoisotopic (exact) mass is 339 g/mol. The largest absolute Gasteiger partial charge is 0.479 e. The maximum atomic E-state index is 11.7. The van der Waals surface area contributed by atoms with E-state index >= 15 is 0 Å². The van der Waals surface area contributed by atoms with Crippen LogP contribution in [0.2, 0.25) is 0 Å². The van der Waals surface area contributed by atoms with Crippen LogP contribution in [0.3, 0.4) is 0 Å². The van der Waals surface area contributed by atoms with E-state index in [9.17, 15) is 4.79 Å². The Bertz CT molecular complexity index is 709. The van der Waals surface area contributed by atoms with Crippen molar-refractivity contribution in [2.45, 2.75) is 5.75 Å². The third-order valence-electron chi connectivity index (χ3n) is 2.93. The minimum absolute atomic E-state index is 0.0180. The van der Waals surface area contributed by atoms with Crippen LogP contribution in [0.25, 0.3) is 0 Å². The molecule has 5 nitrogen and oxygen atoms in total. The van der Waals surface area contributed by atoms with Gasteiger partial charge >= 0.3 is 0 Å². The standard InChI is InChI=1S/C18H17N3O2S/c19-10-11-23-17-8-6-15(7-9-17)12-20-21-18(22)14-24-13-16-4-2-1-3-5-16/h1-9,12H,11,13-14H2,(H,21,22)/b20-12+. The second-order valence-electron chi connectivity index (χ2n) is 4.79. The van der Waals surface area contributed by atoms with Gasteiger partial charge in [-0.15, -0.1) is 11.8 Å². The van der Waals surface area contributed by atoms with E-state index in [1.807, 2.05) is 36.4 Å². The Morgan fingerprint density at radius 1 is 1.21 bits per heavy atom. The summed E-state index contributed by atoms with van der Waals surface area (Å²) in [5, 5.41) is 12.4. The van der Waals surface area contributed by atoms with Crippen molar-refractivity contribution < 1.29 is 9.53 Å². The lowest BCUT2D eigenvalue weighted by molar-refractivity contribution is -0.118. The molecule has 0 atom stereocenters. The van der Waals surface area contributed by atoms with E-state index in [-0.39, 0.29) is 12.5 Å². The molecule has 1 N–H and O–H groups in total. The van der Waals surface area contributed by atoms with Gasteiger partial charge in [0.15, 0.2) is 6.61 Å². The molecule has 0 aliphatic heterocycles. The van der Waals surface area contributed by atoms with Gasteiger partial charge in [-0.3, -0.25) is 4.79 Å². The molecule has 0 unspecified atom stereocenters. The Morgan fingerprint density at radius 3 is 2.67 bits per heavy atom. The molecule has 0 bridgehead atoms. The Balaban J connectivity index is 1.69. The van der Waals surface area contributed by atoms with Crippen molar-refractivity contribution in [1.82, 2.24) is 5.43 Å². The average Bonchev–Trinajstić information content (AvgIpc) is 2.62. The second kappa shape index (κ2) is 10.1. The Morgan fingerprint density at radius 2 is 1.96 bits per heavy atom. The molecule has 0 saturated carbocycles. The van der Waals surface area contributed by atoms with E-state index in [4.69, 9.17) is 10.00 Å². The zero-order valence-electron chi connectivity index (χ0n) is 13.0. The average molecular weight is 339 g/mol. The number of hydrazone groups is 1. The first-order valence-corrected chi connectivity index (χ1v) is 8.47. The zero-order chi connectivity index (χ0) is 17.0. The van der Waals surface area contributed by atoms with Crippen LogP contribution in [-0.2, 0) is 10.5 Å². The van der Waals surface area contributed by atoms with Gasteiger partial charge in [-0.1, -0.05) is 30.3 Å². The molecule has 0 saturated heterocycles. The molecule has 0 spiro atoms. The minimum Gasteiger partial charge on any atom is -0.479 e. The van der Waals surface area contributed by atoms with Crippen LogP contribution in [0.1, 0.15) is 11.1 Å². The lowest BCUT2D eigenvalue weighted by Gasteiger charge is -2.02. The molecule has 0 fully saturated rings. The van der Waals surface area contributed by atoms with Crippen molar-refractivity contribution in [1.29, 1.82) is 5.26 Å². The van der Waals surface area contributed by atoms with Crippen molar-refractivity contribution in [3.05, 3.63) is 65.7 Å². The number of hydrogen-bond donors (Lipinski definition) is 1. The molecule has 2 rings (SSSR count). The number of thioether (sulfide) groups is 1. The van der Waals surface area contributed by atoms with Crippen molar-refractivity contribution in [2.75, 3.05) is 12.4 Å². The summed E-state index contributed by atoms with van der Waals surface area (Å²) < 4.78 is 5.16. The van der Waals surface area contributed by atoms with Crippen molar-refractivity contribution in [3.8, 4) is 11.8 Å². The zero-order valence-corrected chi connectivity index (χ0v) is 13.8. The molecule has 0 aliphatic carbocycles. The number of nitrogens with zero attached hydrogens (tertiary/aromatic N) is 2. The molecule has 2 aromatic carbocycles. The molecule has 2 aromatic rings. The second-order valence-corrected chi connectivity index (χ2v) is 5.77. The first kappa shape index (κ1) is 17.6. The summed E-state index contributed by atoms with van der Waals surface area (Å²) >= 11 is 1.54. The van der Waals surface area contributed by atoms with Crippen LogP contribution in [0.4, 0.5) is 0 Å². The van der Waals surface area contributed by atoms with E-state index in [1.54, 1.807) is 42.2 Å². The maximum Gasteiger partial charge on any atom is 0.250 e. The molecular weight excluding hydrogens is 322 g/mol. The van der Waals surface area contributed by atoms with Gasteiger partial charge in [0.25, 0.3) is 0 Å². The predicted octanol–water partition coefficient (Wildman–Crippen LogP) is 2.97. The van der Waals surface area contributed by atoms with E-state index in [1.165, 1.54) is 5.56 Å². The number of amides is 1. The van der Waals surface area contributed by atoms with Crippen LogP contribution >= 0.6 is 11.8 Å². The Labute approximate surface area is 145 Å². The fourth-order valence-electron chi connectivity index (χ4n) is 1.81. The summed E-state index contributed by atoms with van der Waals surface area (Å²) in [7, 11) is 0. The van der Waals surface area contributed by atoms with Gasteiger partial charge in [-0.05, 0) is 35.4 Å². The van der Waals surface area contributed by atoms with Crippen LogP contribution in [0, 0.1) is 11.3 Å².